The molecule has 0 radical (unpaired) electrons. The van der Waals surface area contributed by atoms with Gasteiger partial charge in [0.15, 0.2) is 17.6 Å². The van der Waals surface area contributed by atoms with E-state index in [2.05, 4.69) is 48.3 Å². The first-order chi connectivity index (χ1) is 14.9. The quantitative estimate of drug-likeness (QED) is 0.328. The lowest BCUT2D eigenvalue weighted by molar-refractivity contribution is -0.138. The zero-order chi connectivity index (χ0) is 22.2. The molecule has 1 saturated heterocycles. The zero-order valence-corrected chi connectivity index (χ0v) is 18.4. The largest absolute Gasteiger partial charge is 0.387 e. The predicted octanol–water partition coefficient (Wildman–Crippen LogP) is -0.0735. The van der Waals surface area contributed by atoms with Crippen molar-refractivity contribution in [3.63, 3.8) is 0 Å². The van der Waals surface area contributed by atoms with Gasteiger partial charge >= 0.3 is 0 Å². The maximum absolute atomic E-state index is 12.0. The van der Waals surface area contributed by atoms with Crippen LogP contribution in [0.15, 0.2) is 36.8 Å². The number of imidazole rings is 1. The van der Waals surface area contributed by atoms with Crippen LogP contribution in [-0.2, 0) is 21.7 Å². The minimum absolute atomic E-state index is 0.0719. The summed E-state index contributed by atoms with van der Waals surface area (Å²) in [4.78, 5) is 20.5. The van der Waals surface area contributed by atoms with Gasteiger partial charge in [0.2, 0.25) is 5.60 Å². The molecule has 0 spiro atoms. The summed E-state index contributed by atoms with van der Waals surface area (Å²) in [6.07, 6.45) is -2.15. The number of fused-ring (bicyclic) bond motifs is 1. The molecule has 0 unspecified atom stereocenters. The van der Waals surface area contributed by atoms with Crippen LogP contribution in [0, 0.1) is 14.9 Å². The van der Waals surface area contributed by atoms with E-state index in [-0.39, 0.29) is 5.69 Å². The van der Waals surface area contributed by atoms with Gasteiger partial charge in [-0.1, -0.05) is 12.1 Å². The molecule has 0 aliphatic carbocycles. The number of nitrogens with one attached hydrogen (secondary N) is 2. The van der Waals surface area contributed by atoms with Gasteiger partial charge in [0, 0.05) is 17.2 Å². The average molecular weight is 535 g/mol. The maximum Gasteiger partial charge on any atom is 0.251 e. The number of nitriles is 1. The van der Waals surface area contributed by atoms with E-state index in [4.69, 9.17) is 4.74 Å². The van der Waals surface area contributed by atoms with Gasteiger partial charge in [0.05, 0.1) is 6.20 Å². The Morgan fingerprint density at radius 2 is 2.23 bits per heavy atom. The predicted molar refractivity (Wildman–Crippen MR) is 116 cm³/mol. The molecule has 1 aliphatic rings. The smallest absolute Gasteiger partial charge is 0.251 e. The van der Waals surface area contributed by atoms with Crippen molar-refractivity contribution >= 4 is 40.0 Å². The number of halogens is 1. The lowest BCUT2D eigenvalue weighted by Gasteiger charge is -2.23. The summed E-state index contributed by atoms with van der Waals surface area (Å²) in [5.74, 6) is -0.254. The van der Waals surface area contributed by atoms with E-state index >= 15 is 0 Å². The first-order valence-corrected chi connectivity index (χ1v) is 10.3. The zero-order valence-electron chi connectivity index (χ0n) is 16.2. The molecular formula is C19H18IN7O4. The van der Waals surface area contributed by atoms with Crippen molar-refractivity contribution < 1.29 is 19.7 Å². The Balaban J connectivity index is 1.70. The number of hydrogen-bond acceptors (Lipinski definition) is 9. The molecule has 0 saturated carbocycles. The normalized spacial score (nSPS) is 25.3. The summed E-state index contributed by atoms with van der Waals surface area (Å²) in [6.45, 7) is 0.478. The van der Waals surface area contributed by atoms with Crippen molar-refractivity contribution in [2.75, 3.05) is 12.4 Å². The first kappa shape index (κ1) is 21.4. The van der Waals surface area contributed by atoms with Crippen molar-refractivity contribution in [2.24, 2.45) is 0 Å². The molecule has 3 heterocycles. The van der Waals surface area contributed by atoms with Crippen LogP contribution in [-0.4, -0.2) is 61.1 Å². The third-order valence-electron chi connectivity index (χ3n) is 5.07. The number of rotatable bonds is 5. The van der Waals surface area contributed by atoms with Crippen LogP contribution in [0.1, 0.15) is 11.3 Å². The maximum atomic E-state index is 12.0. The molecule has 0 bridgehead atoms. The van der Waals surface area contributed by atoms with E-state index in [0.717, 1.165) is 9.13 Å². The Morgan fingerprint density at radius 3 is 2.94 bits per heavy atom. The second-order valence-corrected chi connectivity index (χ2v) is 8.15. The van der Waals surface area contributed by atoms with E-state index in [9.17, 15) is 20.3 Å². The number of aliphatic hydroxyl groups excluding tert-OH is 2. The fraction of sp³-hybridized carbons (Fsp3) is 0.316. The monoisotopic (exact) mass is 535 g/mol. The molecule has 2 aromatic heterocycles. The van der Waals surface area contributed by atoms with Crippen molar-refractivity contribution in [2.45, 2.75) is 30.5 Å². The number of hydrogen-bond donors (Lipinski definition) is 4. The minimum atomic E-state index is -2.04. The molecule has 4 rings (SSSR count). The Morgan fingerprint density at radius 1 is 1.42 bits per heavy atom. The van der Waals surface area contributed by atoms with Gasteiger partial charge in [-0.15, -0.1) is 0 Å². The number of amides is 1. The lowest BCUT2D eigenvalue weighted by atomic mass is 9.93. The molecule has 1 aliphatic heterocycles. The van der Waals surface area contributed by atoms with E-state index in [0.29, 0.717) is 18.0 Å². The van der Waals surface area contributed by atoms with Crippen LogP contribution < -0.4 is 10.6 Å². The number of anilines is 1. The van der Waals surface area contributed by atoms with Crippen molar-refractivity contribution in [1.82, 2.24) is 24.9 Å². The minimum Gasteiger partial charge on any atom is -0.387 e. The lowest BCUT2D eigenvalue weighted by Crippen LogP contribution is -2.42. The number of carbonyl (C=O) groups is 1. The molecule has 11 nitrogen and oxygen atoms in total. The number of carbonyl (C=O) groups excluding carboxylic acids is 1. The second kappa shape index (κ2) is 8.35. The number of aromatic nitrogens is 4. The first-order valence-electron chi connectivity index (χ1n) is 9.25. The Bertz CT molecular complexity index is 1180. The average Bonchev–Trinajstić information content (AvgIpc) is 3.32. The van der Waals surface area contributed by atoms with Crippen LogP contribution in [0.4, 0.5) is 5.82 Å². The number of nitrogens with zero attached hydrogens (tertiary/aromatic N) is 5. The van der Waals surface area contributed by atoms with Gasteiger partial charge in [-0.05, 0) is 40.3 Å². The standard InChI is InChI=1S/C19H18IN7O4/c1-22-18(30)14-13(28)15(29)19(8-21,31-14)12-7-24-17-16(25-9-26-27(12)17)23-6-10-3-2-4-11(20)5-10/h2-5,7,9,13-15,28-29H,6H2,1H3,(H,22,30)(H,23,25,26)/t13-,14+,15-,19+/m1/s1. The molecule has 12 heteroatoms. The van der Waals surface area contributed by atoms with E-state index in [1.54, 1.807) is 0 Å². The SMILES string of the molecule is CNC(=O)[C@H]1O[C@@](C#N)(c2cnc3c(NCc4cccc(I)c4)ncnn23)[C@H](O)[C@@H]1O. The van der Waals surface area contributed by atoms with Crippen LogP contribution in [0.2, 0.25) is 0 Å². The number of aliphatic hydroxyl groups is 2. The summed E-state index contributed by atoms with van der Waals surface area (Å²) < 4.78 is 7.99. The van der Waals surface area contributed by atoms with Crippen molar-refractivity contribution in [1.29, 1.82) is 5.26 Å². The highest BCUT2D eigenvalue weighted by molar-refractivity contribution is 14.1. The number of likely N-dealkylation sites (N-methyl/N-ethyl adjacent to an activating group) is 1. The highest BCUT2D eigenvalue weighted by Gasteiger charge is 2.59. The van der Waals surface area contributed by atoms with Gasteiger partial charge in [0.25, 0.3) is 5.91 Å². The molecule has 1 amide bonds. The topological polar surface area (TPSA) is 158 Å². The van der Waals surface area contributed by atoms with Gasteiger partial charge in [-0.25, -0.2) is 14.5 Å². The van der Waals surface area contributed by atoms with Gasteiger partial charge in [0.1, 0.15) is 30.3 Å². The number of benzene rings is 1. The molecular weight excluding hydrogens is 517 g/mol. The summed E-state index contributed by atoms with van der Waals surface area (Å²) in [7, 11) is 1.37. The third kappa shape index (κ3) is 3.59. The second-order valence-electron chi connectivity index (χ2n) is 6.91. The van der Waals surface area contributed by atoms with E-state index in [1.807, 2.05) is 30.3 Å². The highest BCUT2D eigenvalue weighted by atomic mass is 127. The molecule has 1 aromatic carbocycles. The van der Waals surface area contributed by atoms with E-state index < -0.39 is 29.8 Å². The Labute approximate surface area is 190 Å². The Kier molecular flexibility index (Phi) is 5.75. The summed E-state index contributed by atoms with van der Waals surface area (Å²) in [6, 6.07) is 9.82. The van der Waals surface area contributed by atoms with E-state index in [1.165, 1.54) is 24.1 Å². The van der Waals surface area contributed by atoms with Crippen molar-refractivity contribution in [3.8, 4) is 6.07 Å². The third-order valence-corrected chi connectivity index (χ3v) is 5.74. The molecule has 4 atom stereocenters. The summed E-state index contributed by atoms with van der Waals surface area (Å²) >= 11 is 2.23. The Hall–Kier alpha value is -2.86. The van der Waals surface area contributed by atoms with Crippen LogP contribution in [0.5, 0.6) is 0 Å². The number of ether oxygens (including phenoxy) is 1. The van der Waals surface area contributed by atoms with Crippen molar-refractivity contribution in [3.05, 3.63) is 51.6 Å². The molecule has 160 valence electrons. The summed E-state index contributed by atoms with van der Waals surface area (Å²) in [5.41, 5.74) is -0.638. The summed E-state index contributed by atoms with van der Waals surface area (Å²) in [5, 5.41) is 40.5. The van der Waals surface area contributed by atoms with Gasteiger partial charge in [-0.2, -0.15) is 10.4 Å². The molecule has 1 fully saturated rings. The van der Waals surface area contributed by atoms with Gasteiger partial charge in [-0.3, -0.25) is 4.79 Å². The van der Waals surface area contributed by atoms with Crippen LogP contribution in [0.25, 0.3) is 5.65 Å². The van der Waals surface area contributed by atoms with Gasteiger partial charge < -0.3 is 25.6 Å². The fourth-order valence-corrected chi connectivity index (χ4v) is 4.09. The molecule has 3 aromatic rings. The van der Waals surface area contributed by atoms with Crippen LogP contribution >= 0.6 is 22.6 Å². The highest BCUT2D eigenvalue weighted by Crippen LogP contribution is 2.40. The fourth-order valence-electron chi connectivity index (χ4n) is 3.49. The van der Waals surface area contributed by atoms with Crippen LogP contribution in [0.3, 0.4) is 0 Å². The molecule has 31 heavy (non-hydrogen) atoms. The molecule has 4 N–H and O–H groups in total.